The minimum absolute atomic E-state index is 0.00468. The van der Waals surface area contributed by atoms with E-state index in [9.17, 15) is 9.90 Å². The second-order valence-electron chi connectivity index (χ2n) is 6.48. The van der Waals surface area contributed by atoms with Crippen molar-refractivity contribution in [2.24, 2.45) is 0 Å². The number of nitrogens with zero attached hydrogens (tertiary/aromatic N) is 3. The van der Waals surface area contributed by atoms with E-state index in [0.717, 1.165) is 23.1 Å². The van der Waals surface area contributed by atoms with Crippen molar-refractivity contribution in [2.75, 3.05) is 11.9 Å². The van der Waals surface area contributed by atoms with Crippen molar-refractivity contribution in [3.63, 3.8) is 0 Å². The number of imidazole rings is 1. The number of phenolic OH excluding ortho intramolecular Hbond substituents is 1. The average molecular weight is 373 g/mol. The van der Waals surface area contributed by atoms with Crippen LogP contribution in [-0.4, -0.2) is 37.4 Å². The van der Waals surface area contributed by atoms with Gasteiger partial charge in [-0.2, -0.15) is 0 Å². The minimum Gasteiger partial charge on any atom is -0.508 e. The Morgan fingerprint density at radius 1 is 1.14 bits per heavy atom. The van der Waals surface area contributed by atoms with Crippen molar-refractivity contribution in [1.82, 2.24) is 19.9 Å². The molecule has 0 aliphatic heterocycles. The quantitative estimate of drug-likeness (QED) is 0.446. The Hall–Kier alpha value is -3.74. The first-order valence-corrected chi connectivity index (χ1v) is 8.94. The first-order chi connectivity index (χ1) is 13.6. The predicted molar refractivity (Wildman–Crippen MR) is 107 cm³/mol. The molecule has 0 unspecified atom stereocenters. The third-order valence-corrected chi connectivity index (χ3v) is 4.46. The van der Waals surface area contributed by atoms with Crippen molar-refractivity contribution >= 4 is 22.8 Å². The van der Waals surface area contributed by atoms with Gasteiger partial charge in [0.1, 0.15) is 11.3 Å². The second-order valence-corrected chi connectivity index (χ2v) is 6.48. The highest BCUT2D eigenvalue weighted by Gasteiger charge is 2.12. The van der Waals surface area contributed by atoms with Gasteiger partial charge in [-0.1, -0.05) is 30.3 Å². The molecule has 0 fully saturated rings. The Morgan fingerprint density at radius 2 is 1.96 bits per heavy atom. The highest BCUT2D eigenvalue weighted by atomic mass is 16.3. The molecule has 7 heteroatoms. The summed E-state index contributed by atoms with van der Waals surface area (Å²) in [5.74, 6) is 1.42. The van der Waals surface area contributed by atoms with Crippen molar-refractivity contribution in [3.8, 4) is 17.1 Å². The summed E-state index contributed by atoms with van der Waals surface area (Å²) in [6, 6.07) is 14.4. The number of phenols is 1. The van der Waals surface area contributed by atoms with Crippen LogP contribution in [0.15, 0.2) is 54.9 Å². The Kier molecular flexibility index (Phi) is 4.72. The number of ketones is 1. The van der Waals surface area contributed by atoms with Gasteiger partial charge in [-0.3, -0.25) is 4.79 Å². The van der Waals surface area contributed by atoms with Crippen LogP contribution in [0, 0.1) is 0 Å². The zero-order chi connectivity index (χ0) is 19.5. The summed E-state index contributed by atoms with van der Waals surface area (Å²) in [5, 5.41) is 12.7. The number of benzene rings is 2. The van der Waals surface area contributed by atoms with Crippen LogP contribution in [0.1, 0.15) is 22.8 Å². The molecule has 2 aromatic carbocycles. The van der Waals surface area contributed by atoms with E-state index in [0.29, 0.717) is 29.4 Å². The third-order valence-electron chi connectivity index (χ3n) is 4.46. The summed E-state index contributed by atoms with van der Waals surface area (Å²) >= 11 is 0. The van der Waals surface area contributed by atoms with Crippen LogP contribution in [-0.2, 0) is 6.42 Å². The normalized spacial score (nSPS) is 10.9. The lowest BCUT2D eigenvalue weighted by Crippen LogP contribution is -2.08. The smallest absolute Gasteiger partial charge is 0.183 e. The zero-order valence-electron chi connectivity index (χ0n) is 15.3. The van der Waals surface area contributed by atoms with Crippen LogP contribution in [0.3, 0.4) is 0 Å². The molecule has 0 aliphatic rings. The molecule has 28 heavy (non-hydrogen) atoms. The molecule has 0 saturated carbocycles. The highest BCUT2D eigenvalue weighted by molar-refractivity contribution is 5.95. The van der Waals surface area contributed by atoms with Crippen LogP contribution >= 0.6 is 0 Å². The third kappa shape index (κ3) is 3.68. The van der Waals surface area contributed by atoms with E-state index in [1.807, 2.05) is 24.3 Å². The fraction of sp³-hybridized carbons (Fsp3) is 0.143. The number of aromatic nitrogens is 4. The number of nitrogens with one attached hydrogen (secondary N) is 2. The number of fused-ring (bicyclic) bond motifs is 1. The molecule has 0 atom stereocenters. The van der Waals surface area contributed by atoms with Crippen molar-refractivity contribution in [3.05, 3.63) is 66.0 Å². The minimum atomic E-state index is -0.00468. The summed E-state index contributed by atoms with van der Waals surface area (Å²) < 4.78 is 0. The van der Waals surface area contributed by atoms with Gasteiger partial charge >= 0.3 is 0 Å². The van der Waals surface area contributed by atoms with E-state index in [4.69, 9.17) is 0 Å². The molecule has 140 valence electrons. The lowest BCUT2D eigenvalue weighted by molar-refractivity contribution is 0.101. The number of carbonyl (C=O) groups is 1. The molecule has 0 radical (unpaired) electrons. The zero-order valence-corrected chi connectivity index (χ0v) is 15.3. The van der Waals surface area contributed by atoms with E-state index in [1.54, 1.807) is 30.6 Å². The number of carbonyl (C=O) groups excluding carboxylic acids is 1. The number of aromatic amines is 1. The van der Waals surface area contributed by atoms with Crippen LogP contribution in [0.4, 0.5) is 5.82 Å². The summed E-state index contributed by atoms with van der Waals surface area (Å²) in [7, 11) is 0. The van der Waals surface area contributed by atoms with Gasteiger partial charge < -0.3 is 15.4 Å². The highest BCUT2D eigenvalue weighted by Crippen LogP contribution is 2.23. The molecule has 2 heterocycles. The van der Waals surface area contributed by atoms with Gasteiger partial charge in [0.25, 0.3) is 0 Å². The number of hydrogen-bond acceptors (Lipinski definition) is 6. The fourth-order valence-corrected chi connectivity index (χ4v) is 2.96. The average Bonchev–Trinajstić information content (AvgIpc) is 3.18. The number of hydrogen-bond donors (Lipinski definition) is 3. The van der Waals surface area contributed by atoms with Gasteiger partial charge in [0.05, 0.1) is 6.33 Å². The number of aromatic hydroxyl groups is 1. The predicted octanol–water partition coefficient (Wildman–Crippen LogP) is 3.58. The Morgan fingerprint density at radius 3 is 2.75 bits per heavy atom. The van der Waals surface area contributed by atoms with E-state index < -0.39 is 0 Å². The largest absolute Gasteiger partial charge is 0.508 e. The molecular formula is C21H19N5O2. The topological polar surface area (TPSA) is 104 Å². The standard InChI is InChI=1S/C21H19N5O2/c1-13(27)15-3-2-4-16(11-15)19-25-20(18-21(26-19)24-12-23-18)22-10-9-14-5-7-17(28)8-6-14/h2-8,11-12,28H,9-10H2,1H3,(H2,22,23,24,25,26). The van der Waals surface area contributed by atoms with Gasteiger partial charge in [0.15, 0.2) is 23.1 Å². The van der Waals surface area contributed by atoms with Crippen molar-refractivity contribution in [2.45, 2.75) is 13.3 Å². The molecule has 0 spiro atoms. The molecular weight excluding hydrogens is 354 g/mol. The first kappa shape index (κ1) is 17.7. The Balaban J connectivity index is 1.61. The van der Waals surface area contributed by atoms with Crippen LogP contribution < -0.4 is 5.32 Å². The van der Waals surface area contributed by atoms with E-state index in [-0.39, 0.29) is 11.5 Å². The molecule has 0 saturated heterocycles. The number of H-pyrrole nitrogens is 1. The molecule has 2 aromatic heterocycles. The van der Waals surface area contributed by atoms with Crippen LogP contribution in [0.25, 0.3) is 22.6 Å². The maximum Gasteiger partial charge on any atom is 0.183 e. The molecule has 0 bridgehead atoms. The van der Waals surface area contributed by atoms with Gasteiger partial charge in [-0.05, 0) is 37.1 Å². The maximum absolute atomic E-state index is 11.7. The molecule has 4 rings (SSSR count). The molecule has 3 N–H and O–H groups in total. The lowest BCUT2D eigenvalue weighted by Gasteiger charge is -2.09. The number of Topliss-reactive ketones (excluding diaryl/α,β-unsaturated/α-hetero) is 1. The number of rotatable bonds is 6. The van der Waals surface area contributed by atoms with E-state index >= 15 is 0 Å². The fourth-order valence-electron chi connectivity index (χ4n) is 2.96. The summed E-state index contributed by atoms with van der Waals surface area (Å²) in [6.45, 7) is 2.19. The molecule has 7 nitrogen and oxygen atoms in total. The van der Waals surface area contributed by atoms with Gasteiger partial charge in [-0.15, -0.1) is 0 Å². The Labute approximate surface area is 161 Å². The van der Waals surface area contributed by atoms with Gasteiger partial charge in [0.2, 0.25) is 0 Å². The summed E-state index contributed by atoms with van der Waals surface area (Å²) in [5.41, 5.74) is 3.78. The van der Waals surface area contributed by atoms with Crippen LogP contribution in [0.5, 0.6) is 5.75 Å². The molecule has 4 aromatic rings. The van der Waals surface area contributed by atoms with E-state index in [2.05, 4.69) is 25.3 Å². The number of anilines is 1. The lowest BCUT2D eigenvalue weighted by atomic mass is 10.1. The summed E-state index contributed by atoms with van der Waals surface area (Å²) in [6.07, 6.45) is 2.36. The summed E-state index contributed by atoms with van der Waals surface area (Å²) in [4.78, 5) is 28.2. The van der Waals surface area contributed by atoms with Crippen molar-refractivity contribution in [1.29, 1.82) is 0 Å². The first-order valence-electron chi connectivity index (χ1n) is 8.94. The SMILES string of the molecule is CC(=O)c1cccc(-c2nc(NCCc3ccc(O)cc3)c3[nH]cnc3n2)c1. The Bertz CT molecular complexity index is 1140. The van der Waals surface area contributed by atoms with Crippen molar-refractivity contribution < 1.29 is 9.90 Å². The molecule has 0 amide bonds. The van der Waals surface area contributed by atoms with Gasteiger partial charge in [-0.25, -0.2) is 15.0 Å². The monoisotopic (exact) mass is 373 g/mol. The van der Waals surface area contributed by atoms with Gasteiger partial charge in [0, 0.05) is 17.7 Å². The van der Waals surface area contributed by atoms with Crippen LogP contribution in [0.2, 0.25) is 0 Å². The second kappa shape index (κ2) is 7.48. The molecule has 0 aliphatic carbocycles. The maximum atomic E-state index is 11.7. The van der Waals surface area contributed by atoms with E-state index in [1.165, 1.54) is 6.92 Å².